The molecule has 1 aliphatic rings. The van der Waals surface area contributed by atoms with Crippen LogP contribution in [0.15, 0.2) is 41.4 Å². The fraction of sp³-hybridized carbons (Fsp3) is 0.217. The molecule has 2 heterocycles. The van der Waals surface area contributed by atoms with E-state index in [1.165, 1.54) is 23.6 Å². The van der Waals surface area contributed by atoms with E-state index in [1.54, 1.807) is 6.92 Å². The molecule has 4 rings (SSSR count). The first-order valence-electron chi connectivity index (χ1n) is 9.63. The number of carbonyl (C=O) groups excluding carboxylic acids is 1. The molecule has 3 aromatic rings. The molecule has 0 fully saturated rings. The molecule has 1 aliphatic heterocycles. The van der Waals surface area contributed by atoms with Crippen molar-refractivity contribution in [2.45, 2.75) is 20.3 Å². The van der Waals surface area contributed by atoms with Crippen LogP contribution in [0.1, 0.15) is 38.8 Å². The summed E-state index contributed by atoms with van der Waals surface area (Å²) in [5.41, 5.74) is 2.52. The Bertz CT molecular complexity index is 1170. The zero-order valence-electron chi connectivity index (χ0n) is 16.9. The maximum Gasteiger partial charge on any atom is 0.341 e. The van der Waals surface area contributed by atoms with Crippen molar-refractivity contribution in [1.29, 1.82) is 0 Å². The summed E-state index contributed by atoms with van der Waals surface area (Å²) in [7, 11) is 0. The SMILES string of the molecule is CCOC(=O)c1c(N=Cc2ccc(F)c(F)c2)sc(C)c1Cc1ccc2c(c1)OCO2. The van der Waals surface area contributed by atoms with Crippen LogP contribution in [0.25, 0.3) is 0 Å². The lowest BCUT2D eigenvalue weighted by Gasteiger charge is -2.07. The highest BCUT2D eigenvalue weighted by atomic mass is 32.1. The summed E-state index contributed by atoms with van der Waals surface area (Å²) in [4.78, 5) is 18.0. The summed E-state index contributed by atoms with van der Waals surface area (Å²) in [5.74, 6) is -1.00. The van der Waals surface area contributed by atoms with Crippen molar-refractivity contribution in [2.75, 3.05) is 13.4 Å². The molecule has 0 atom stereocenters. The Morgan fingerprint density at radius 1 is 1.16 bits per heavy atom. The van der Waals surface area contributed by atoms with Gasteiger partial charge in [0.2, 0.25) is 6.79 Å². The maximum atomic E-state index is 13.5. The lowest BCUT2D eigenvalue weighted by Crippen LogP contribution is -2.07. The number of benzene rings is 2. The number of thiophene rings is 1. The topological polar surface area (TPSA) is 57.1 Å². The highest BCUT2D eigenvalue weighted by molar-refractivity contribution is 7.16. The third-order valence-electron chi connectivity index (χ3n) is 4.76. The van der Waals surface area contributed by atoms with Gasteiger partial charge in [-0.1, -0.05) is 12.1 Å². The van der Waals surface area contributed by atoms with Crippen molar-refractivity contribution in [1.82, 2.24) is 0 Å². The predicted molar refractivity (Wildman–Crippen MR) is 114 cm³/mol. The van der Waals surface area contributed by atoms with E-state index in [-0.39, 0.29) is 13.4 Å². The van der Waals surface area contributed by atoms with E-state index >= 15 is 0 Å². The summed E-state index contributed by atoms with van der Waals surface area (Å²) >= 11 is 1.34. The molecule has 1 aromatic heterocycles. The van der Waals surface area contributed by atoms with Gasteiger partial charge in [-0.2, -0.15) is 0 Å². The molecule has 0 saturated heterocycles. The van der Waals surface area contributed by atoms with E-state index in [2.05, 4.69) is 4.99 Å². The summed E-state index contributed by atoms with van der Waals surface area (Å²) in [6, 6.07) is 9.15. The number of hydrogen-bond acceptors (Lipinski definition) is 6. The number of ether oxygens (including phenoxy) is 3. The minimum atomic E-state index is -0.958. The Balaban J connectivity index is 1.69. The third-order valence-corrected chi connectivity index (χ3v) is 5.82. The fourth-order valence-electron chi connectivity index (χ4n) is 3.26. The average Bonchev–Trinajstić information content (AvgIpc) is 3.33. The van der Waals surface area contributed by atoms with Gasteiger partial charge in [-0.3, -0.25) is 0 Å². The molecule has 5 nitrogen and oxygen atoms in total. The van der Waals surface area contributed by atoms with Crippen LogP contribution in [0.4, 0.5) is 13.8 Å². The second kappa shape index (κ2) is 8.85. The van der Waals surface area contributed by atoms with Crippen molar-refractivity contribution in [3.63, 3.8) is 0 Å². The Labute approximate surface area is 181 Å². The van der Waals surface area contributed by atoms with Crippen molar-refractivity contribution in [2.24, 2.45) is 4.99 Å². The monoisotopic (exact) mass is 443 g/mol. The number of aryl methyl sites for hydroxylation is 1. The lowest BCUT2D eigenvalue weighted by molar-refractivity contribution is 0.0527. The number of fused-ring (bicyclic) bond motifs is 1. The van der Waals surface area contributed by atoms with Gasteiger partial charge in [0.1, 0.15) is 10.6 Å². The Morgan fingerprint density at radius 3 is 2.74 bits per heavy atom. The molecule has 0 aliphatic carbocycles. The summed E-state index contributed by atoms with van der Waals surface area (Å²) in [6.45, 7) is 4.06. The zero-order chi connectivity index (χ0) is 22.0. The molecule has 160 valence electrons. The zero-order valence-corrected chi connectivity index (χ0v) is 17.7. The van der Waals surface area contributed by atoms with E-state index in [4.69, 9.17) is 14.2 Å². The van der Waals surface area contributed by atoms with Gasteiger partial charge in [-0.05, 0) is 61.2 Å². The third kappa shape index (κ3) is 4.44. The quantitative estimate of drug-likeness (QED) is 0.369. The van der Waals surface area contributed by atoms with Crippen molar-refractivity contribution < 1.29 is 27.8 Å². The fourth-order valence-corrected chi connectivity index (χ4v) is 4.26. The first-order valence-corrected chi connectivity index (χ1v) is 10.4. The lowest BCUT2D eigenvalue weighted by atomic mass is 10.0. The number of rotatable bonds is 6. The minimum absolute atomic E-state index is 0.188. The molecule has 0 spiro atoms. The molecule has 0 N–H and O–H groups in total. The van der Waals surface area contributed by atoms with Gasteiger partial charge in [0.15, 0.2) is 23.1 Å². The highest BCUT2D eigenvalue weighted by Crippen LogP contribution is 2.39. The second-order valence-electron chi connectivity index (χ2n) is 6.83. The first-order chi connectivity index (χ1) is 15.0. The van der Waals surface area contributed by atoms with Crippen LogP contribution in [0.5, 0.6) is 11.5 Å². The van der Waals surface area contributed by atoms with Crippen LogP contribution in [0.2, 0.25) is 0 Å². The van der Waals surface area contributed by atoms with Crippen LogP contribution in [0.3, 0.4) is 0 Å². The number of hydrogen-bond donors (Lipinski definition) is 0. The Morgan fingerprint density at radius 2 is 1.97 bits per heavy atom. The normalized spacial score (nSPS) is 12.5. The summed E-state index contributed by atoms with van der Waals surface area (Å²) in [5, 5.41) is 0.455. The number of halogens is 2. The molecule has 0 saturated carbocycles. The van der Waals surface area contributed by atoms with Gasteiger partial charge in [-0.15, -0.1) is 11.3 Å². The van der Waals surface area contributed by atoms with Gasteiger partial charge in [0, 0.05) is 11.1 Å². The molecule has 0 radical (unpaired) electrons. The molecular weight excluding hydrogens is 424 g/mol. The van der Waals surface area contributed by atoms with Crippen LogP contribution >= 0.6 is 11.3 Å². The molecule has 8 heteroatoms. The number of nitrogens with zero attached hydrogens (tertiary/aromatic N) is 1. The minimum Gasteiger partial charge on any atom is -0.462 e. The largest absolute Gasteiger partial charge is 0.462 e. The van der Waals surface area contributed by atoms with Crippen LogP contribution in [-0.4, -0.2) is 25.6 Å². The number of carbonyl (C=O) groups is 1. The number of aliphatic imine (C=N–C) groups is 1. The first kappa shape index (κ1) is 21.0. The second-order valence-corrected chi connectivity index (χ2v) is 8.04. The molecule has 2 aromatic carbocycles. The van der Waals surface area contributed by atoms with Gasteiger partial charge in [0.05, 0.1) is 6.61 Å². The Hall–Kier alpha value is -3.26. The van der Waals surface area contributed by atoms with Crippen LogP contribution in [-0.2, 0) is 11.2 Å². The van der Waals surface area contributed by atoms with Crippen molar-refractivity contribution in [3.05, 3.63) is 75.2 Å². The predicted octanol–water partition coefficient (Wildman–Crippen LogP) is 5.58. The standard InChI is InChI=1S/C23H19F2NO4S/c1-3-28-23(27)21-16(8-14-5-7-19-20(10-14)30-12-29-19)13(2)31-22(21)26-11-15-4-6-17(24)18(25)9-15/h4-7,9-11H,3,8,12H2,1-2H3. The van der Waals surface area contributed by atoms with Gasteiger partial charge < -0.3 is 14.2 Å². The molecule has 31 heavy (non-hydrogen) atoms. The highest BCUT2D eigenvalue weighted by Gasteiger charge is 2.24. The smallest absolute Gasteiger partial charge is 0.341 e. The van der Waals surface area contributed by atoms with Crippen LogP contribution < -0.4 is 9.47 Å². The molecule has 0 bridgehead atoms. The van der Waals surface area contributed by atoms with Crippen LogP contribution in [0, 0.1) is 18.6 Å². The summed E-state index contributed by atoms with van der Waals surface area (Å²) < 4.78 is 42.7. The number of esters is 1. The average molecular weight is 443 g/mol. The molecule has 0 unspecified atom stereocenters. The maximum absolute atomic E-state index is 13.5. The van der Waals surface area contributed by atoms with E-state index in [0.29, 0.717) is 34.0 Å². The molecular formula is C23H19F2NO4S. The van der Waals surface area contributed by atoms with E-state index in [1.807, 2.05) is 25.1 Å². The molecule has 0 amide bonds. The van der Waals surface area contributed by atoms with E-state index in [0.717, 1.165) is 28.1 Å². The van der Waals surface area contributed by atoms with Crippen molar-refractivity contribution in [3.8, 4) is 11.5 Å². The van der Waals surface area contributed by atoms with Crippen molar-refractivity contribution >= 4 is 28.5 Å². The van der Waals surface area contributed by atoms with E-state index in [9.17, 15) is 13.6 Å². The Kier molecular flexibility index (Phi) is 5.99. The van der Waals surface area contributed by atoms with E-state index < -0.39 is 17.6 Å². The van der Waals surface area contributed by atoms with Gasteiger partial charge in [0.25, 0.3) is 0 Å². The van der Waals surface area contributed by atoms with Gasteiger partial charge >= 0.3 is 5.97 Å². The summed E-state index contributed by atoms with van der Waals surface area (Å²) in [6.07, 6.45) is 1.88. The van der Waals surface area contributed by atoms with Gasteiger partial charge in [-0.25, -0.2) is 18.6 Å².